The molecule has 1 aromatic heterocycles. The number of ketones is 1. The van der Waals surface area contributed by atoms with E-state index in [2.05, 4.69) is 25.7 Å². The minimum Gasteiger partial charge on any atom is -0.460 e. The molecule has 0 saturated heterocycles. The van der Waals surface area contributed by atoms with E-state index in [4.69, 9.17) is 0 Å². The van der Waals surface area contributed by atoms with Crippen molar-refractivity contribution in [1.82, 2.24) is 4.98 Å². The molecule has 0 aliphatic carbocycles. The average Bonchev–Trinajstić information content (AvgIpc) is 2.28. The summed E-state index contributed by atoms with van der Waals surface area (Å²) in [4.78, 5) is 25.8. The number of hydrogen-bond acceptors (Lipinski definition) is 4. The molecule has 0 aliphatic heterocycles. The fourth-order valence-corrected chi connectivity index (χ4v) is 1.44. The molecule has 0 aromatic carbocycles. The van der Waals surface area contributed by atoms with E-state index >= 15 is 0 Å². The van der Waals surface area contributed by atoms with E-state index in [1.165, 1.54) is 6.20 Å². The van der Waals surface area contributed by atoms with Crippen LogP contribution >= 0.6 is 15.9 Å². The number of pyridine rings is 1. The van der Waals surface area contributed by atoms with Crippen LogP contribution in [0, 0.1) is 0 Å². The second-order valence-corrected chi connectivity index (χ2v) is 3.65. The van der Waals surface area contributed by atoms with Crippen LogP contribution in [-0.4, -0.2) is 23.3 Å². The van der Waals surface area contributed by atoms with E-state index in [1.54, 1.807) is 25.3 Å². The van der Waals surface area contributed by atoms with Gasteiger partial charge >= 0.3 is 5.97 Å². The average molecular weight is 272 g/mol. The lowest BCUT2D eigenvalue weighted by Crippen LogP contribution is -2.21. The van der Waals surface area contributed by atoms with Crippen molar-refractivity contribution >= 4 is 27.7 Å². The highest BCUT2D eigenvalue weighted by molar-refractivity contribution is 9.09. The van der Waals surface area contributed by atoms with Gasteiger partial charge in [-0.25, -0.2) is 4.79 Å². The van der Waals surface area contributed by atoms with Gasteiger partial charge in [-0.2, -0.15) is 0 Å². The van der Waals surface area contributed by atoms with Crippen molar-refractivity contribution in [3.8, 4) is 0 Å². The highest BCUT2D eigenvalue weighted by Crippen LogP contribution is 2.22. The van der Waals surface area contributed by atoms with Gasteiger partial charge in [-0.1, -0.05) is 22.0 Å². The molecule has 0 amide bonds. The van der Waals surface area contributed by atoms with Crippen LogP contribution in [0.15, 0.2) is 24.5 Å². The van der Waals surface area contributed by atoms with Crippen LogP contribution in [0.4, 0.5) is 0 Å². The van der Waals surface area contributed by atoms with Gasteiger partial charge < -0.3 is 4.74 Å². The lowest BCUT2D eigenvalue weighted by atomic mass is 10.1. The zero-order valence-corrected chi connectivity index (χ0v) is 9.73. The molecule has 1 atom stereocenters. The molecule has 1 aromatic rings. The normalized spacial score (nSPS) is 11.9. The smallest absolute Gasteiger partial charge is 0.376 e. The molecule has 0 aliphatic rings. The van der Waals surface area contributed by atoms with Crippen LogP contribution in [0.25, 0.3) is 0 Å². The first-order valence-electron chi connectivity index (χ1n) is 4.41. The van der Waals surface area contributed by atoms with Crippen LogP contribution in [0.2, 0.25) is 0 Å². The third-order valence-electron chi connectivity index (χ3n) is 1.68. The predicted octanol–water partition coefficient (Wildman–Crippen LogP) is 1.65. The van der Waals surface area contributed by atoms with Crippen molar-refractivity contribution in [1.29, 1.82) is 0 Å². The second kappa shape index (κ2) is 5.60. The number of alkyl halides is 1. The SMILES string of the molecule is CCOC(=O)C(=O)C(Br)c1cccnc1. The van der Waals surface area contributed by atoms with E-state index in [-0.39, 0.29) is 6.61 Å². The zero-order valence-electron chi connectivity index (χ0n) is 8.14. The van der Waals surface area contributed by atoms with Crippen LogP contribution in [0.3, 0.4) is 0 Å². The molecular weight excluding hydrogens is 262 g/mol. The van der Waals surface area contributed by atoms with Gasteiger partial charge in [0.25, 0.3) is 5.78 Å². The van der Waals surface area contributed by atoms with Crippen LogP contribution < -0.4 is 0 Å². The summed E-state index contributed by atoms with van der Waals surface area (Å²) in [6.07, 6.45) is 3.12. The Balaban J connectivity index is 2.73. The monoisotopic (exact) mass is 271 g/mol. The van der Waals surface area contributed by atoms with Crippen molar-refractivity contribution in [3.63, 3.8) is 0 Å². The largest absolute Gasteiger partial charge is 0.460 e. The lowest BCUT2D eigenvalue weighted by Gasteiger charge is -2.07. The molecule has 0 N–H and O–H groups in total. The van der Waals surface area contributed by atoms with E-state index in [9.17, 15) is 9.59 Å². The first-order chi connectivity index (χ1) is 7.16. The Morgan fingerprint density at radius 2 is 2.33 bits per heavy atom. The van der Waals surface area contributed by atoms with Crippen LogP contribution in [-0.2, 0) is 14.3 Å². The summed E-state index contributed by atoms with van der Waals surface area (Å²) in [6.45, 7) is 1.84. The predicted molar refractivity (Wildman–Crippen MR) is 57.5 cm³/mol. The summed E-state index contributed by atoms with van der Waals surface area (Å²) in [5.41, 5.74) is 0.635. The van der Waals surface area contributed by atoms with Gasteiger partial charge in [0.05, 0.1) is 6.61 Å². The molecule has 0 fully saturated rings. The molecule has 1 heterocycles. The topological polar surface area (TPSA) is 56.3 Å². The zero-order chi connectivity index (χ0) is 11.3. The van der Waals surface area contributed by atoms with E-state index in [0.717, 1.165) is 0 Å². The molecule has 5 heteroatoms. The van der Waals surface area contributed by atoms with Crippen molar-refractivity contribution in [2.45, 2.75) is 11.8 Å². The molecule has 0 radical (unpaired) electrons. The van der Waals surface area contributed by atoms with Gasteiger partial charge in [0, 0.05) is 12.4 Å². The van der Waals surface area contributed by atoms with Gasteiger partial charge in [-0.15, -0.1) is 0 Å². The second-order valence-electron chi connectivity index (χ2n) is 2.73. The first-order valence-corrected chi connectivity index (χ1v) is 5.33. The fraction of sp³-hybridized carbons (Fsp3) is 0.300. The van der Waals surface area contributed by atoms with E-state index in [0.29, 0.717) is 5.56 Å². The number of hydrogen-bond donors (Lipinski definition) is 0. The Kier molecular flexibility index (Phi) is 4.42. The number of Topliss-reactive ketones (excluding diaryl/α,β-unsaturated/α-hetero) is 1. The van der Waals surface area contributed by atoms with Crippen LogP contribution in [0.1, 0.15) is 17.3 Å². The third-order valence-corrected chi connectivity index (χ3v) is 2.63. The Labute approximate surface area is 95.8 Å². The number of rotatable bonds is 4. The molecule has 0 spiro atoms. The number of esters is 1. The van der Waals surface area contributed by atoms with Crippen LogP contribution in [0.5, 0.6) is 0 Å². The molecule has 15 heavy (non-hydrogen) atoms. The number of aromatic nitrogens is 1. The summed E-state index contributed by atoms with van der Waals surface area (Å²) in [6, 6.07) is 3.41. The van der Waals surface area contributed by atoms with E-state index in [1.807, 2.05) is 0 Å². The maximum Gasteiger partial charge on any atom is 0.376 e. The Bertz CT molecular complexity index is 353. The van der Waals surface area contributed by atoms with Gasteiger partial charge in [-0.3, -0.25) is 9.78 Å². The van der Waals surface area contributed by atoms with Crippen molar-refractivity contribution in [2.24, 2.45) is 0 Å². The van der Waals surface area contributed by atoms with Crippen molar-refractivity contribution in [2.75, 3.05) is 6.61 Å². The maximum absolute atomic E-state index is 11.5. The first kappa shape index (κ1) is 11.8. The third kappa shape index (κ3) is 3.13. The standard InChI is InChI=1S/C10H10BrNO3/c1-2-15-10(14)9(13)8(11)7-4-3-5-12-6-7/h3-6,8H,2H2,1H3. The molecule has 80 valence electrons. The highest BCUT2D eigenvalue weighted by Gasteiger charge is 2.25. The fourth-order valence-electron chi connectivity index (χ4n) is 0.983. The molecule has 0 saturated carbocycles. The number of nitrogens with zero attached hydrogens (tertiary/aromatic N) is 1. The Morgan fingerprint density at radius 1 is 1.60 bits per heavy atom. The summed E-state index contributed by atoms with van der Waals surface area (Å²) in [5, 5.41) is 0. The summed E-state index contributed by atoms with van der Waals surface area (Å²) < 4.78 is 4.61. The summed E-state index contributed by atoms with van der Waals surface area (Å²) in [7, 11) is 0. The molecular formula is C10H10BrNO3. The van der Waals surface area contributed by atoms with Gasteiger partial charge in [0.15, 0.2) is 0 Å². The summed E-state index contributed by atoms with van der Waals surface area (Å²) in [5.74, 6) is -1.45. The van der Waals surface area contributed by atoms with Crippen molar-refractivity contribution < 1.29 is 14.3 Å². The minimum absolute atomic E-state index is 0.192. The van der Waals surface area contributed by atoms with E-state index < -0.39 is 16.6 Å². The molecule has 1 unspecified atom stereocenters. The van der Waals surface area contributed by atoms with Gasteiger partial charge in [-0.05, 0) is 18.6 Å². The highest BCUT2D eigenvalue weighted by atomic mass is 79.9. The minimum atomic E-state index is -0.830. The number of ether oxygens (including phenoxy) is 1. The number of halogens is 1. The number of carbonyl (C=O) groups excluding carboxylic acids is 2. The molecule has 4 nitrogen and oxygen atoms in total. The quantitative estimate of drug-likeness (QED) is 0.475. The molecule has 0 bridgehead atoms. The molecule has 1 rings (SSSR count). The van der Waals surface area contributed by atoms with Crippen molar-refractivity contribution in [3.05, 3.63) is 30.1 Å². The Morgan fingerprint density at radius 3 is 2.87 bits per heavy atom. The van der Waals surface area contributed by atoms with Gasteiger partial charge in [0.2, 0.25) is 0 Å². The maximum atomic E-state index is 11.5. The van der Waals surface area contributed by atoms with Gasteiger partial charge in [0.1, 0.15) is 4.83 Å². The lowest BCUT2D eigenvalue weighted by molar-refractivity contribution is -0.153. The number of carbonyl (C=O) groups is 2. The summed E-state index contributed by atoms with van der Waals surface area (Å²) >= 11 is 3.13. The Hall–Kier alpha value is -1.23.